The molecular formula is C25H30N2O4. The highest BCUT2D eigenvalue weighted by atomic mass is 16.5. The summed E-state index contributed by atoms with van der Waals surface area (Å²) >= 11 is 0. The Kier molecular flexibility index (Phi) is 7.36. The number of nitrogens with zero attached hydrogens (tertiary/aromatic N) is 1. The number of ether oxygens (including phenoxy) is 2. The molecule has 31 heavy (non-hydrogen) atoms. The van der Waals surface area contributed by atoms with Gasteiger partial charge in [-0.2, -0.15) is 0 Å². The lowest BCUT2D eigenvalue weighted by Crippen LogP contribution is -2.30. The number of hydrogen-bond donors (Lipinski definition) is 1. The predicted molar refractivity (Wildman–Crippen MR) is 125 cm³/mol. The van der Waals surface area contributed by atoms with Gasteiger partial charge in [0.1, 0.15) is 17.1 Å². The Labute approximate surface area is 183 Å². The molecule has 0 aliphatic carbocycles. The van der Waals surface area contributed by atoms with E-state index in [4.69, 9.17) is 13.9 Å². The topological polar surface area (TPSA) is 63.9 Å². The van der Waals surface area contributed by atoms with Crippen molar-refractivity contribution in [2.75, 3.05) is 40.9 Å². The van der Waals surface area contributed by atoms with Gasteiger partial charge in [-0.15, -0.1) is 0 Å². The average Bonchev–Trinajstić information content (AvgIpc) is 3.16. The Morgan fingerprint density at radius 3 is 2.58 bits per heavy atom. The maximum Gasteiger partial charge on any atom is 0.244 e. The normalized spacial score (nSPS) is 11.7. The van der Waals surface area contributed by atoms with Crippen molar-refractivity contribution < 1.29 is 18.7 Å². The number of nitrogens with one attached hydrogen (secondary N) is 1. The Morgan fingerprint density at radius 2 is 1.94 bits per heavy atom. The van der Waals surface area contributed by atoms with Crippen molar-refractivity contribution >= 4 is 22.4 Å². The van der Waals surface area contributed by atoms with Gasteiger partial charge in [0, 0.05) is 41.7 Å². The van der Waals surface area contributed by atoms with E-state index in [0.717, 1.165) is 45.5 Å². The quantitative estimate of drug-likeness (QED) is 0.511. The molecule has 0 unspecified atom stereocenters. The summed E-state index contributed by atoms with van der Waals surface area (Å²) in [5, 5.41) is 3.88. The van der Waals surface area contributed by atoms with Gasteiger partial charge in [-0.3, -0.25) is 4.79 Å². The number of carbonyl (C=O) groups excluding carboxylic acids is 1. The largest absolute Gasteiger partial charge is 0.497 e. The molecule has 0 saturated heterocycles. The molecule has 0 atom stereocenters. The molecular weight excluding hydrogens is 392 g/mol. The molecule has 1 N–H and O–H groups in total. The summed E-state index contributed by atoms with van der Waals surface area (Å²) in [7, 11) is 5.60. The third-order valence-electron chi connectivity index (χ3n) is 5.01. The second kappa shape index (κ2) is 10.2. The molecule has 6 heteroatoms. The van der Waals surface area contributed by atoms with Crippen LogP contribution in [0.5, 0.6) is 11.5 Å². The van der Waals surface area contributed by atoms with Gasteiger partial charge in [0.05, 0.1) is 20.0 Å². The van der Waals surface area contributed by atoms with Crippen molar-refractivity contribution in [1.29, 1.82) is 0 Å². The molecule has 0 saturated carbocycles. The van der Waals surface area contributed by atoms with Crippen molar-refractivity contribution in [2.45, 2.75) is 13.8 Å². The van der Waals surface area contributed by atoms with Crippen molar-refractivity contribution in [3.8, 4) is 22.6 Å². The van der Waals surface area contributed by atoms with Crippen molar-refractivity contribution in [2.24, 2.45) is 0 Å². The summed E-state index contributed by atoms with van der Waals surface area (Å²) in [6, 6.07) is 11.8. The molecule has 0 aliphatic heterocycles. The highest BCUT2D eigenvalue weighted by Gasteiger charge is 2.15. The van der Waals surface area contributed by atoms with E-state index in [1.54, 1.807) is 19.4 Å². The SMILES string of the molecule is CCOc1cc2occ(-c3ccc(OC)cc3)c2cc1/C(C)=C/C(=O)NCCN(C)C. The van der Waals surface area contributed by atoms with Crippen LogP contribution < -0.4 is 14.8 Å². The van der Waals surface area contributed by atoms with Crippen LogP contribution >= 0.6 is 0 Å². The number of furan rings is 1. The molecule has 0 spiro atoms. The van der Waals surface area contributed by atoms with Crippen LogP contribution in [-0.2, 0) is 4.79 Å². The molecule has 3 rings (SSSR count). The molecule has 1 heterocycles. The molecule has 0 bridgehead atoms. The average molecular weight is 423 g/mol. The summed E-state index contributed by atoms with van der Waals surface area (Å²) in [5.74, 6) is 1.37. The Balaban J connectivity index is 1.97. The van der Waals surface area contributed by atoms with E-state index in [1.807, 2.05) is 69.2 Å². The third kappa shape index (κ3) is 5.47. The van der Waals surface area contributed by atoms with Crippen LogP contribution in [0.15, 0.2) is 53.2 Å². The Bertz CT molecular complexity index is 1070. The first-order chi connectivity index (χ1) is 14.9. The lowest BCUT2D eigenvalue weighted by molar-refractivity contribution is -0.116. The molecule has 164 valence electrons. The zero-order valence-electron chi connectivity index (χ0n) is 18.8. The zero-order valence-corrected chi connectivity index (χ0v) is 18.8. The molecule has 0 fully saturated rings. The fraction of sp³-hybridized carbons (Fsp3) is 0.320. The number of hydrogen-bond acceptors (Lipinski definition) is 5. The lowest BCUT2D eigenvalue weighted by Gasteiger charge is -2.12. The number of carbonyl (C=O) groups is 1. The number of methoxy groups -OCH3 is 1. The van der Waals surface area contributed by atoms with Gasteiger partial charge >= 0.3 is 0 Å². The van der Waals surface area contributed by atoms with E-state index >= 15 is 0 Å². The summed E-state index contributed by atoms with van der Waals surface area (Å²) in [5.41, 5.74) is 4.44. The fourth-order valence-electron chi connectivity index (χ4n) is 3.36. The molecule has 0 aliphatic rings. The fourth-order valence-corrected chi connectivity index (χ4v) is 3.36. The number of rotatable bonds is 9. The van der Waals surface area contributed by atoms with Gasteiger partial charge < -0.3 is 24.1 Å². The van der Waals surface area contributed by atoms with Crippen LogP contribution in [0.4, 0.5) is 0 Å². The Morgan fingerprint density at radius 1 is 1.19 bits per heavy atom. The number of likely N-dealkylation sites (N-methyl/N-ethyl adjacent to an activating group) is 1. The molecule has 0 radical (unpaired) electrons. The van der Waals surface area contributed by atoms with Crippen LogP contribution in [0.1, 0.15) is 19.4 Å². The first kappa shape index (κ1) is 22.4. The second-order valence-corrected chi connectivity index (χ2v) is 7.58. The molecule has 1 amide bonds. The monoisotopic (exact) mass is 422 g/mol. The first-order valence-corrected chi connectivity index (χ1v) is 10.4. The maximum atomic E-state index is 12.4. The summed E-state index contributed by atoms with van der Waals surface area (Å²) in [6.07, 6.45) is 3.37. The van der Waals surface area contributed by atoms with Crippen LogP contribution in [0, 0.1) is 0 Å². The predicted octanol–water partition coefficient (Wildman–Crippen LogP) is 4.59. The summed E-state index contributed by atoms with van der Waals surface area (Å²) in [4.78, 5) is 14.4. The summed E-state index contributed by atoms with van der Waals surface area (Å²) in [6.45, 7) is 5.76. The smallest absolute Gasteiger partial charge is 0.244 e. The highest BCUT2D eigenvalue weighted by Crippen LogP contribution is 2.37. The molecule has 2 aromatic carbocycles. The van der Waals surface area contributed by atoms with Crippen LogP contribution in [0.3, 0.4) is 0 Å². The van der Waals surface area contributed by atoms with Crippen molar-refractivity contribution in [3.05, 3.63) is 54.3 Å². The van der Waals surface area contributed by atoms with Crippen LogP contribution in [0.25, 0.3) is 27.7 Å². The van der Waals surface area contributed by atoms with Gasteiger partial charge in [-0.05, 0) is 57.3 Å². The second-order valence-electron chi connectivity index (χ2n) is 7.58. The minimum atomic E-state index is -0.121. The third-order valence-corrected chi connectivity index (χ3v) is 5.01. The van der Waals surface area contributed by atoms with Crippen molar-refractivity contribution in [1.82, 2.24) is 10.2 Å². The van der Waals surface area contributed by atoms with E-state index < -0.39 is 0 Å². The first-order valence-electron chi connectivity index (χ1n) is 10.4. The zero-order chi connectivity index (χ0) is 22.4. The standard InChI is InChI=1S/C25H30N2O4/c1-6-30-23-15-24-21(22(16-31-24)18-7-9-19(29-5)10-8-18)14-20(23)17(2)13-25(28)26-11-12-27(3)4/h7-10,13-16H,6,11-12H2,1-5H3,(H,26,28)/b17-13+. The van der Waals surface area contributed by atoms with E-state index in [0.29, 0.717) is 18.9 Å². The van der Waals surface area contributed by atoms with Crippen LogP contribution in [-0.4, -0.2) is 51.7 Å². The van der Waals surface area contributed by atoms with Gasteiger partial charge in [0.25, 0.3) is 0 Å². The summed E-state index contributed by atoms with van der Waals surface area (Å²) < 4.78 is 16.9. The number of amides is 1. The molecule has 3 aromatic rings. The Hall–Kier alpha value is -3.25. The minimum absolute atomic E-state index is 0.121. The minimum Gasteiger partial charge on any atom is -0.497 e. The number of fused-ring (bicyclic) bond motifs is 1. The van der Waals surface area contributed by atoms with Crippen LogP contribution in [0.2, 0.25) is 0 Å². The van der Waals surface area contributed by atoms with Gasteiger partial charge in [-0.25, -0.2) is 0 Å². The molecule has 1 aromatic heterocycles. The van der Waals surface area contributed by atoms with E-state index in [9.17, 15) is 4.79 Å². The van der Waals surface area contributed by atoms with Gasteiger partial charge in [0.2, 0.25) is 5.91 Å². The maximum absolute atomic E-state index is 12.4. The lowest BCUT2D eigenvalue weighted by atomic mass is 9.99. The van der Waals surface area contributed by atoms with E-state index in [1.165, 1.54) is 0 Å². The number of allylic oxidation sites excluding steroid dienone is 1. The van der Waals surface area contributed by atoms with Crippen molar-refractivity contribution in [3.63, 3.8) is 0 Å². The highest BCUT2D eigenvalue weighted by molar-refractivity contribution is 6.00. The molecule has 6 nitrogen and oxygen atoms in total. The van der Waals surface area contributed by atoms with E-state index in [2.05, 4.69) is 5.32 Å². The van der Waals surface area contributed by atoms with Gasteiger partial charge in [0.15, 0.2) is 0 Å². The van der Waals surface area contributed by atoms with Gasteiger partial charge in [-0.1, -0.05) is 12.1 Å². The number of benzene rings is 2. The van der Waals surface area contributed by atoms with E-state index in [-0.39, 0.29) is 5.91 Å².